The minimum Gasteiger partial charge on any atom is -0.483 e. The zero-order valence-corrected chi connectivity index (χ0v) is 15.1. The first-order valence-corrected chi connectivity index (χ1v) is 9.03. The van der Waals surface area contributed by atoms with Crippen LogP contribution in [0, 0.1) is 5.82 Å². The van der Waals surface area contributed by atoms with Gasteiger partial charge in [-0.3, -0.25) is 9.59 Å². The van der Waals surface area contributed by atoms with Crippen LogP contribution in [0.3, 0.4) is 0 Å². The lowest BCUT2D eigenvalue weighted by Crippen LogP contribution is -2.23. The number of carbonyl (C=O) groups is 1. The van der Waals surface area contributed by atoms with E-state index in [9.17, 15) is 14.0 Å². The van der Waals surface area contributed by atoms with Crippen LogP contribution in [0.2, 0.25) is 0 Å². The summed E-state index contributed by atoms with van der Waals surface area (Å²) in [6, 6.07) is 12.5. The fraction of sp³-hybridized carbons (Fsp3) is 0.0526. The Labute approximate surface area is 161 Å². The summed E-state index contributed by atoms with van der Waals surface area (Å²) >= 11 is 1.22. The lowest BCUT2D eigenvalue weighted by molar-refractivity contribution is -0.118. The Morgan fingerprint density at radius 1 is 1.21 bits per heavy atom. The summed E-state index contributed by atoms with van der Waals surface area (Å²) in [4.78, 5) is 28.9. The van der Waals surface area contributed by atoms with E-state index in [1.54, 1.807) is 30.3 Å². The van der Waals surface area contributed by atoms with Crippen molar-refractivity contribution in [3.05, 3.63) is 81.1 Å². The normalized spacial score (nSPS) is 11.7. The number of hydrogen-bond acceptors (Lipinski definition) is 6. The van der Waals surface area contributed by atoms with Crippen LogP contribution in [0.15, 0.2) is 59.7 Å². The second-order valence-electron chi connectivity index (χ2n) is 5.75. The topological polar surface area (TPSA) is 85.6 Å². The van der Waals surface area contributed by atoms with E-state index in [1.165, 1.54) is 46.4 Å². The molecule has 7 nitrogen and oxygen atoms in total. The Hall–Kier alpha value is -3.59. The van der Waals surface area contributed by atoms with E-state index in [0.29, 0.717) is 26.5 Å². The molecule has 0 aliphatic carbocycles. The number of aromatic nitrogens is 3. The Balaban J connectivity index is 1.51. The van der Waals surface area contributed by atoms with E-state index < -0.39 is 0 Å². The number of para-hydroxylation sites is 1. The smallest absolute Gasteiger partial charge is 0.291 e. The first-order chi connectivity index (χ1) is 13.6. The van der Waals surface area contributed by atoms with Crippen molar-refractivity contribution in [2.45, 2.75) is 0 Å². The van der Waals surface area contributed by atoms with Gasteiger partial charge in [-0.25, -0.2) is 9.37 Å². The minimum absolute atomic E-state index is 0.234. The predicted molar refractivity (Wildman–Crippen MR) is 103 cm³/mol. The molecule has 0 saturated carbocycles. The number of benzene rings is 2. The SMILES string of the molecule is O=C(COc1ccccc1/C=c1\sc2ncnn2c1=O)Nc1ccc(F)cc1. The Kier molecular flexibility index (Phi) is 4.81. The summed E-state index contributed by atoms with van der Waals surface area (Å²) in [6.45, 7) is -0.234. The molecular weight excluding hydrogens is 383 g/mol. The number of rotatable bonds is 5. The van der Waals surface area contributed by atoms with Gasteiger partial charge in [-0.05, 0) is 36.4 Å². The summed E-state index contributed by atoms with van der Waals surface area (Å²) in [5.41, 5.74) is 0.861. The van der Waals surface area contributed by atoms with Crippen molar-refractivity contribution in [3.8, 4) is 5.75 Å². The fourth-order valence-electron chi connectivity index (χ4n) is 2.52. The Morgan fingerprint density at radius 3 is 2.79 bits per heavy atom. The van der Waals surface area contributed by atoms with Crippen molar-refractivity contribution in [1.82, 2.24) is 14.6 Å². The summed E-state index contributed by atoms with van der Waals surface area (Å²) in [6.07, 6.45) is 3.00. The zero-order valence-electron chi connectivity index (χ0n) is 14.3. The molecule has 1 N–H and O–H groups in total. The number of amides is 1. The van der Waals surface area contributed by atoms with Crippen LogP contribution in [0.4, 0.5) is 10.1 Å². The lowest BCUT2D eigenvalue weighted by Gasteiger charge is -2.09. The molecule has 0 fully saturated rings. The fourth-order valence-corrected chi connectivity index (χ4v) is 3.40. The average Bonchev–Trinajstić information content (AvgIpc) is 3.26. The van der Waals surface area contributed by atoms with E-state index in [2.05, 4.69) is 15.4 Å². The average molecular weight is 396 g/mol. The van der Waals surface area contributed by atoms with Crippen LogP contribution in [0.5, 0.6) is 5.75 Å². The monoisotopic (exact) mass is 396 g/mol. The van der Waals surface area contributed by atoms with Crippen LogP contribution in [0.25, 0.3) is 11.0 Å². The number of nitrogens with one attached hydrogen (secondary N) is 1. The third-order valence-corrected chi connectivity index (χ3v) is 4.79. The summed E-state index contributed by atoms with van der Waals surface area (Å²) < 4.78 is 20.2. The standard InChI is InChI=1S/C19H13FN4O3S/c20-13-5-7-14(8-6-13)23-17(25)10-27-15-4-2-1-3-12(15)9-16-18(26)24-19(28-16)21-11-22-24/h1-9,11H,10H2,(H,23,25)/b16-9-. The van der Waals surface area contributed by atoms with Gasteiger partial charge in [0.15, 0.2) is 6.61 Å². The largest absolute Gasteiger partial charge is 0.483 e. The quantitative estimate of drug-likeness (QED) is 0.557. The molecule has 2 heterocycles. The highest BCUT2D eigenvalue weighted by Gasteiger charge is 2.09. The highest BCUT2D eigenvalue weighted by Crippen LogP contribution is 2.19. The molecule has 0 unspecified atom stereocenters. The molecule has 9 heteroatoms. The van der Waals surface area contributed by atoms with Crippen LogP contribution < -0.4 is 20.1 Å². The third kappa shape index (κ3) is 3.74. The van der Waals surface area contributed by atoms with Gasteiger partial charge in [0.1, 0.15) is 17.9 Å². The lowest BCUT2D eigenvalue weighted by atomic mass is 10.2. The molecule has 0 aliphatic heterocycles. The number of ether oxygens (including phenoxy) is 1. The molecule has 0 radical (unpaired) electrons. The maximum absolute atomic E-state index is 12.9. The predicted octanol–water partition coefficient (Wildman–Crippen LogP) is 1.86. The molecular formula is C19H13FN4O3S. The molecule has 0 atom stereocenters. The van der Waals surface area contributed by atoms with Gasteiger partial charge in [0.05, 0.1) is 4.53 Å². The summed E-state index contributed by atoms with van der Waals surface area (Å²) in [5.74, 6) is -0.312. The third-order valence-electron chi connectivity index (χ3n) is 3.81. The number of halogens is 1. The summed E-state index contributed by atoms with van der Waals surface area (Å²) in [5, 5.41) is 6.51. The van der Waals surface area contributed by atoms with Gasteiger partial charge in [0, 0.05) is 11.3 Å². The molecule has 0 bridgehead atoms. The van der Waals surface area contributed by atoms with Crippen LogP contribution >= 0.6 is 11.3 Å². The first-order valence-electron chi connectivity index (χ1n) is 8.22. The van der Waals surface area contributed by atoms with Gasteiger partial charge in [0.25, 0.3) is 11.5 Å². The first kappa shape index (κ1) is 17.8. The molecule has 28 heavy (non-hydrogen) atoms. The number of fused-ring (bicyclic) bond motifs is 1. The Morgan fingerprint density at radius 2 is 2.00 bits per heavy atom. The van der Waals surface area contributed by atoms with Crippen molar-refractivity contribution in [3.63, 3.8) is 0 Å². The molecule has 0 saturated heterocycles. The Bertz CT molecular complexity index is 1250. The minimum atomic E-state index is -0.385. The molecule has 1 amide bonds. The number of anilines is 1. The number of carbonyl (C=O) groups excluding carboxylic acids is 1. The van der Waals surface area contributed by atoms with Crippen molar-refractivity contribution in [1.29, 1.82) is 0 Å². The second kappa shape index (κ2) is 7.57. The molecule has 4 rings (SSSR count). The van der Waals surface area contributed by atoms with Crippen molar-refractivity contribution < 1.29 is 13.9 Å². The molecule has 0 spiro atoms. The zero-order chi connectivity index (χ0) is 19.5. The van der Waals surface area contributed by atoms with Gasteiger partial charge >= 0.3 is 0 Å². The number of hydrogen-bond donors (Lipinski definition) is 1. The van der Waals surface area contributed by atoms with Crippen LogP contribution in [-0.2, 0) is 4.79 Å². The number of nitrogens with zero attached hydrogens (tertiary/aromatic N) is 3. The summed E-state index contributed by atoms with van der Waals surface area (Å²) in [7, 11) is 0. The maximum atomic E-state index is 12.9. The molecule has 2 aromatic carbocycles. The highest BCUT2D eigenvalue weighted by atomic mass is 32.1. The maximum Gasteiger partial charge on any atom is 0.291 e. The van der Waals surface area contributed by atoms with Crippen LogP contribution in [-0.4, -0.2) is 27.1 Å². The second-order valence-corrected chi connectivity index (χ2v) is 6.76. The molecule has 2 aromatic heterocycles. The highest BCUT2D eigenvalue weighted by molar-refractivity contribution is 7.15. The molecule has 4 aromatic rings. The van der Waals surface area contributed by atoms with E-state index in [-0.39, 0.29) is 23.9 Å². The van der Waals surface area contributed by atoms with E-state index in [0.717, 1.165) is 0 Å². The molecule has 0 aliphatic rings. The van der Waals surface area contributed by atoms with Gasteiger partial charge in [-0.1, -0.05) is 29.5 Å². The van der Waals surface area contributed by atoms with E-state index in [1.807, 2.05) is 0 Å². The van der Waals surface area contributed by atoms with Crippen molar-refractivity contribution >= 4 is 34.0 Å². The van der Waals surface area contributed by atoms with Gasteiger partial charge in [-0.2, -0.15) is 9.61 Å². The van der Waals surface area contributed by atoms with Gasteiger partial charge in [-0.15, -0.1) is 0 Å². The van der Waals surface area contributed by atoms with E-state index in [4.69, 9.17) is 4.74 Å². The van der Waals surface area contributed by atoms with Crippen molar-refractivity contribution in [2.75, 3.05) is 11.9 Å². The van der Waals surface area contributed by atoms with Crippen LogP contribution in [0.1, 0.15) is 5.56 Å². The van der Waals surface area contributed by atoms with E-state index >= 15 is 0 Å². The van der Waals surface area contributed by atoms with Crippen molar-refractivity contribution in [2.24, 2.45) is 0 Å². The van der Waals surface area contributed by atoms with Gasteiger partial charge < -0.3 is 10.1 Å². The molecule has 140 valence electrons. The number of thiazole rings is 1. The van der Waals surface area contributed by atoms with Gasteiger partial charge in [0.2, 0.25) is 4.96 Å².